The summed E-state index contributed by atoms with van der Waals surface area (Å²) in [6, 6.07) is 6.61. The number of amides is 1. The molecule has 0 radical (unpaired) electrons. The van der Waals surface area contributed by atoms with Crippen LogP contribution in [0, 0.1) is 6.92 Å². The molecule has 25 heavy (non-hydrogen) atoms. The fourth-order valence-electron chi connectivity index (χ4n) is 3.29. The van der Waals surface area contributed by atoms with Crippen LogP contribution in [-0.2, 0) is 11.3 Å². The van der Waals surface area contributed by atoms with Crippen LogP contribution < -0.4 is 10.1 Å². The molecule has 140 valence electrons. The molecule has 1 amide bonds. The van der Waals surface area contributed by atoms with Crippen LogP contribution >= 0.6 is 0 Å². The predicted molar refractivity (Wildman–Crippen MR) is 100.0 cm³/mol. The van der Waals surface area contributed by atoms with E-state index in [0.717, 1.165) is 37.2 Å². The van der Waals surface area contributed by atoms with Crippen molar-refractivity contribution in [2.75, 3.05) is 13.7 Å². The van der Waals surface area contributed by atoms with E-state index in [-0.39, 0.29) is 18.2 Å². The molecule has 1 N–H and O–H groups in total. The Morgan fingerprint density at radius 2 is 2.08 bits per heavy atom. The number of rotatable bonds is 4. The Hall–Kier alpha value is -1.75. The van der Waals surface area contributed by atoms with Gasteiger partial charge in [0.05, 0.1) is 7.11 Å². The Balaban J connectivity index is 1.95. The van der Waals surface area contributed by atoms with Crippen molar-refractivity contribution in [2.24, 2.45) is 0 Å². The van der Waals surface area contributed by atoms with Crippen LogP contribution in [0.4, 0.5) is 4.79 Å². The van der Waals surface area contributed by atoms with Crippen LogP contribution in [0.15, 0.2) is 18.2 Å². The maximum Gasteiger partial charge on any atom is 0.410 e. The summed E-state index contributed by atoms with van der Waals surface area (Å²) in [6.07, 6.45) is 1.84. The molecule has 0 saturated carbocycles. The highest BCUT2D eigenvalue weighted by Crippen LogP contribution is 2.22. The number of likely N-dealkylation sites (tertiary alicyclic amines) is 1. The van der Waals surface area contributed by atoms with Crippen molar-refractivity contribution in [3.8, 4) is 5.75 Å². The molecule has 0 spiro atoms. The molecule has 2 unspecified atom stereocenters. The molecule has 0 aromatic heterocycles. The third-order valence-corrected chi connectivity index (χ3v) is 4.64. The molecule has 5 heteroatoms. The van der Waals surface area contributed by atoms with E-state index in [2.05, 4.69) is 31.3 Å². The van der Waals surface area contributed by atoms with Gasteiger partial charge in [-0.15, -0.1) is 0 Å². The van der Waals surface area contributed by atoms with Gasteiger partial charge in [-0.25, -0.2) is 4.79 Å². The number of carbonyl (C=O) groups is 1. The summed E-state index contributed by atoms with van der Waals surface area (Å²) in [5.74, 6) is 0.908. The van der Waals surface area contributed by atoms with E-state index in [9.17, 15) is 4.79 Å². The predicted octanol–water partition coefficient (Wildman–Crippen LogP) is 3.88. The van der Waals surface area contributed by atoms with Crippen molar-refractivity contribution in [3.05, 3.63) is 29.3 Å². The highest BCUT2D eigenvalue weighted by atomic mass is 16.6. The first-order valence-electron chi connectivity index (χ1n) is 9.08. The molecule has 2 atom stereocenters. The lowest BCUT2D eigenvalue weighted by molar-refractivity contribution is 0.00699. The lowest BCUT2D eigenvalue weighted by atomic mass is 9.97. The molecular weight excluding hydrogens is 316 g/mol. The quantitative estimate of drug-likeness (QED) is 0.897. The van der Waals surface area contributed by atoms with Crippen LogP contribution in [-0.4, -0.2) is 42.3 Å². The number of nitrogens with zero attached hydrogens (tertiary/aromatic N) is 1. The summed E-state index contributed by atoms with van der Waals surface area (Å²) < 4.78 is 10.9. The van der Waals surface area contributed by atoms with Crippen LogP contribution in [0.2, 0.25) is 0 Å². The maximum absolute atomic E-state index is 12.4. The molecule has 0 aliphatic carbocycles. The Bertz CT molecular complexity index is 595. The Kier molecular flexibility index (Phi) is 6.33. The second-order valence-electron chi connectivity index (χ2n) is 7.85. The summed E-state index contributed by atoms with van der Waals surface area (Å²) in [7, 11) is 1.69. The van der Waals surface area contributed by atoms with E-state index in [0.29, 0.717) is 0 Å². The number of benzene rings is 1. The van der Waals surface area contributed by atoms with Gasteiger partial charge in [-0.05, 0) is 64.7 Å². The fourth-order valence-corrected chi connectivity index (χ4v) is 3.29. The van der Waals surface area contributed by atoms with E-state index in [1.54, 1.807) is 7.11 Å². The zero-order valence-corrected chi connectivity index (χ0v) is 16.4. The molecule has 2 rings (SSSR count). The molecule has 1 heterocycles. The topological polar surface area (TPSA) is 50.8 Å². The van der Waals surface area contributed by atoms with Gasteiger partial charge in [0.2, 0.25) is 0 Å². The molecule has 0 bridgehead atoms. The van der Waals surface area contributed by atoms with Crippen molar-refractivity contribution < 1.29 is 14.3 Å². The number of aryl methyl sites for hydroxylation is 1. The number of piperidine rings is 1. The van der Waals surface area contributed by atoms with Gasteiger partial charge >= 0.3 is 6.09 Å². The van der Waals surface area contributed by atoms with Gasteiger partial charge in [0.15, 0.2) is 0 Å². The zero-order valence-electron chi connectivity index (χ0n) is 16.4. The van der Waals surface area contributed by atoms with Crippen LogP contribution in [0.1, 0.15) is 51.7 Å². The molecule has 1 aromatic carbocycles. The SMILES string of the molecule is COc1ccc(CNC2CCCN(C(=O)OC(C)(C)C)C2C)cc1C. The van der Waals surface area contributed by atoms with Gasteiger partial charge < -0.3 is 19.7 Å². The van der Waals surface area contributed by atoms with Crippen molar-refractivity contribution >= 4 is 6.09 Å². The van der Waals surface area contributed by atoms with Crippen molar-refractivity contribution in [1.29, 1.82) is 0 Å². The first-order chi connectivity index (χ1) is 11.7. The summed E-state index contributed by atoms with van der Waals surface area (Å²) in [6.45, 7) is 11.4. The zero-order chi connectivity index (χ0) is 18.6. The van der Waals surface area contributed by atoms with Gasteiger partial charge in [0, 0.05) is 25.2 Å². The van der Waals surface area contributed by atoms with E-state index in [1.165, 1.54) is 5.56 Å². The van der Waals surface area contributed by atoms with Gasteiger partial charge in [-0.2, -0.15) is 0 Å². The van der Waals surface area contributed by atoms with Crippen molar-refractivity contribution in [1.82, 2.24) is 10.2 Å². The number of hydrogen-bond acceptors (Lipinski definition) is 4. The van der Waals surface area contributed by atoms with Gasteiger partial charge in [-0.3, -0.25) is 0 Å². The van der Waals surface area contributed by atoms with E-state index >= 15 is 0 Å². The van der Waals surface area contributed by atoms with Gasteiger partial charge in [0.1, 0.15) is 11.4 Å². The van der Waals surface area contributed by atoms with E-state index in [4.69, 9.17) is 9.47 Å². The van der Waals surface area contributed by atoms with Crippen molar-refractivity contribution in [3.63, 3.8) is 0 Å². The number of carbonyl (C=O) groups excluding carboxylic acids is 1. The first kappa shape index (κ1) is 19.6. The smallest absolute Gasteiger partial charge is 0.410 e. The Labute approximate surface area is 151 Å². The summed E-state index contributed by atoms with van der Waals surface area (Å²) >= 11 is 0. The number of methoxy groups -OCH3 is 1. The first-order valence-corrected chi connectivity index (χ1v) is 9.08. The van der Waals surface area contributed by atoms with Gasteiger partial charge in [0.25, 0.3) is 0 Å². The minimum atomic E-state index is -0.461. The van der Waals surface area contributed by atoms with Crippen LogP contribution in [0.25, 0.3) is 0 Å². The fraction of sp³-hybridized carbons (Fsp3) is 0.650. The Morgan fingerprint density at radius 3 is 2.68 bits per heavy atom. The van der Waals surface area contributed by atoms with Gasteiger partial charge in [-0.1, -0.05) is 12.1 Å². The minimum Gasteiger partial charge on any atom is -0.496 e. The molecule has 1 saturated heterocycles. The molecule has 1 aliphatic rings. The molecule has 1 aromatic rings. The van der Waals surface area contributed by atoms with Crippen LogP contribution in [0.5, 0.6) is 5.75 Å². The average Bonchev–Trinajstić information content (AvgIpc) is 2.52. The highest BCUT2D eigenvalue weighted by molar-refractivity contribution is 5.68. The second-order valence-corrected chi connectivity index (χ2v) is 7.85. The lowest BCUT2D eigenvalue weighted by Gasteiger charge is -2.40. The minimum absolute atomic E-state index is 0.114. The molecular formula is C20H32N2O3. The number of nitrogens with one attached hydrogen (secondary N) is 1. The van der Waals surface area contributed by atoms with E-state index in [1.807, 2.05) is 31.7 Å². The normalized spacial score (nSPS) is 21.1. The number of ether oxygens (including phenoxy) is 2. The third kappa shape index (κ3) is 5.36. The largest absolute Gasteiger partial charge is 0.496 e. The summed E-state index contributed by atoms with van der Waals surface area (Å²) in [5.41, 5.74) is 1.89. The van der Waals surface area contributed by atoms with Crippen molar-refractivity contribution in [2.45, 2.75) is 71.7 Å². The summed E-state index contributed by atoms with van der Waals surface area (Å²) in [5, 5.41) is 3.61. The highest BCUT2D eigenvalue weighted by Gasteiger charge is 2.33. The monoisotopic (exact) mass is 348 g/mol. The molecule has 1 fully saturated rings. The molecule has 5 nitrogen and oxygen atoms in total. The third-order valence-electron chi connectivity index (χ3n) is 4.64. The second kappa shape index (κ2) is 8.09. The Morgan fingerprint density at radius 1 is 1.36 bits per heavy atom. The maximum atomic E-state index is 12.4. The molecule has 1 aliphatic heterocycles. The van der Waals surface area contributed by atoms with Crippen LogP contribution in [0.3, 0.4) is 0 Å². The lowest BCUT2D eigenvalue weighted by Crippen LogP contribution is -2.55. The van der Waals surface area contributed by atoms with E-state index < -0.39 is 5.60 Å². The summed E-state index contributed by atoms with van der Waals surface area (Å²) in [4.78, 5) is 14.3. The number of hydrogen-bond donors (Lipinski definition) is 1. The average molecular weight is 348 g/mol. The standard InChI is InChI=1S/C20H32N2O3/c1-14-12-16(9-10-18(14)24-6)13-21-17-8-7-11-22(15(17)2)19(23)25-20(3,4)5/h9-10,12,15,17,21H,7-8,11,13H2,1-6H3.